The fraction of sp³-hybridized carbons (Fsp3) is 0.294. The fourth-order valence-electron chi connectivity index (χ4n) is 2.76. The molecule has 0 aliphatic heterocycles. The SMILES string of the molecule is Cc1nn(C(F)F)c(C)c1S(=O)(=O)NCCc1nc(-c2ccccc2)cs1.Cl. The molecule has 0 atom stereocenters. The molecule has 0 amide bonds. The number of rotatable bonds is 7. The Morgan fingerprint density at radius 1 is 1.21 bits per heavy atom. The minimum atomic E-state index is -3.94. The summed E-state index contributed by atoms with van der Waals surface area (Å²) in [7, 11) is -3.94. The van der Waals surface area contributed by atoms with E-state index in [1.54, 1.807) is 0 Å². The van der Waals surface area contributed by atoms with Crippen LogP contribution >= 0.6 is 23.7 Å². The monoisotopic (exact) mass is 448 g/mol. The molecule has 6 nitrogen and oxygen atoms in total. The van der Waals surface area contributed by atoms with Crippen LogP contribution in [0.2, 0.25) is 0 Å². The van der Waals surface area contributed by atoms with Gasteiger partial charge in [-0.25, -0.2) is 22.8 Å². The molecule has 0 aliphatic carbocycles. The van der Waals surface area contributed by atoms with Gasteiger partial charge in [0.25, 0.3) is 0 Å². The second-order valence-electron chi connectivity index (χ2n) is 5.86. The number of aromatic nitrogens is 3. The number of alkyl halides is 2. The highest BCUT2D eigenvalue weighted by Crippen LogP contribution is 2.24. The molecule has 0 spiro atoms. The Labute approximate surface area is 172 Å². The minimum absolute atomic E-state index is 0. The third-order valence-electron chi connectivity index (χ3n) is 3.96. The van der Waals surface area contributed by atoms with Gasteiger partial charge in [-0.2, -0.15) is 13.9 Å². The normalized spacial score (nSPS) is 11.6. The van der Waals surface area contributed by atoms with E-state index in [1.807, 2.05) is 35.7 Å². The van der Waals surface area contributed by atoms with Crippen molar-refractivity contribution in [1.82, 2.24) is 19.5 Å². The van der Waals surface area contributed by atoms with E-state index < -0.39 is 16.6 Å². The zero-order chi connectivity index (χ0) is 19.6. The van der Waals surface area contributed by atoms with Gasteiger partial charge in [-0.1, -0.05) is 30.3 Å². The molecular weight excluding hydrogens is 430 g/mol. The zero-order valence-corrected chi connectivity index (χ0v) is 17.5. The van der Waals surface area contributed by atoms with E-state index in [4.69, 9.17) is 0 Å². The van der Waals surface area contributed by atoms with Gasteiger partial charge in [0, 0.05) is 23.9 Å². The molecule has 3 rings (SSSR count). The van der Waals surface area contributed by atoms with E-state index in [-0.39, 0.29) is 35.2 Å². The van der Waals surface area contributed by atoms with E-state index in [9.17, 15) is 17.2 Å². The highest BCUT2D eigenvalue weighted by Gasteiger charge is 2.26. The summed E-state index contributed by atoms with van der Waals surface area (Å²) in [5.74, 6) is 0. The zero-order valence-electron chi connectivity index (χ0n) is 15.1. The van der Waals surface area contributed by atoms with Crippen LogP contribution in [0.1, 0.15) is 22.9 Å². The predicted octanol–water partition coefficient (Wildman–Crippen LogP) is 3.96. The van der Waals surface area contributed by atoms with Gasteiger partial charge in [0.15, 0.2) is 0 Å². The number of thiazole rings is 1. The minimum Gasteiger partial charge on any atom is -0.241 e. The number of sulfonamides is 1. The molecule has 152 valence electrons. The van der Waals surface area contributed by atoms with Gasteiger partial charge in [-0.3, -0.25) is 0 Å². The standard InChI is InChI=1S/C17H18F2N4O2S2.ClH/c1-11-16(12(2)23(22-11)17(18)19)27(24,25)20-9-8-15-21-14(10-26-15)13-6-4-3-5-7-13;/h3-7,10,17,20H,8-9H2,1-2H3;1H. The summed E-state index contributed by atoms with van der Waals surface area (Å²) >= 11 is 1.44. The first-order valence-electron chi connectivity index (χ1n) is 8.13. The molecule has 0 bridgehead atoms. The second-order valence-corrected chi connectivity index (χ2v) is 8.51. The first-order valence-corrected chi connectivity index (χ1v) is 10.5. The van der Waals surface area contributed by atoms with Crippen LogP contribution in [-0.4, -0.2) is 29.7 Å². The van der Waals surface area contributed by atoms with Gasteiger partial charge in [0.1, 0.15) is 4.90 Å². The van der Waals surface area contributed by atoms with Crippen LogP contribution in [0, 0.1) is 13.8 Å². The Balaban J connectivity index is 0.00000280. The van der Waals surface area contributed by atoms with Crippen molar-refractivity contribution in [3.05, 3.63) is 52.1 Å². The molecular formula is C17H19ClF2N4O2S2. The Morgan fingerprint density at radius 3 is 2.50 bits per heavy atom. The quantitative estimate of drug-likeness (QED) is 0.593. The van der Waals surface area contributed by atoms with E-state index >= 15 is 0 Å². The maximum absolute atomic E-state index is 12.9. The summed E-state index contributed by atoms with van der Waals surface area (Å²) in [6.45, 7) is -0.0661. The van der Waals surface area contributed by atoms with E-state index in [0.29, 0.717) is 11.1 Å². The van der Waals surface area contributed by atoms with Gasteiger partial charge >= 0.3 is 6.55 Å². The van der Waals surface area contributed by atoms with E-state index in [0.717, 1.165) is 16.3 Å². The molecule has 0 aliphatic rings. The molecule has 3 aromatic rings. The Kier molecular flexibility index (Phi) is 7.27. The molecule has 1 aromatic carbocycles. The first-order chi connectivity index (χ1) is 12.8. The third kappa shape index (κ3) is 4.75. The summed E-state index contributed by atoms with van der Waals surface area (Å²) in [6.07, 6.45) is 0.401. The molecule has 0 radical (unpaired) electrons. The second kappa shape index (κ2) is 9.08. The van der Waals surface area contributed by atoms with Gasteiger partial charge in [0.05, 0.1) is 22.1 Å². The van der Waals surface area contributed by atoms with Crippen LogP contribution in [0.3, 0.4) is 0 Å². The number of hydrogen-bond donors (Lipinski definition) is 1. The van der Waals surface area contributed by atoms with E-state index in [2.05, 4.69) is 14.8 Å². The van der Waals surface area contributed by atoms with Crippen molar-refractivity contribution in [2.24, 2.45) is 0 Å². The Hall–Kier alpha value is -1.88. The Morgan fingerprint density at radius 2 is 1.89 bits per heavy atom. The van der Waals surface area contributed by atoms with E-state index in [1.165, 1.54) is 25.2 Å². The van der Waals surface area contributed by atoms with Crippen LogP contribution in [0.25, 0.3) is 11.3 Å². The van der Waals surface area contributed by atoms with Crippen LogP contribution < -0.4 is 4.72 Å². The number of nitrogens with zero attached hydrogens (tertiary/aromatic N) is 3. The maximum Gasteiger partial charge on any atom is 0.333 e. The number of aryl methyl sites for hydroxylation is 1. The lowest BCUT2D eigenvalue weighted by atomic mass is 10.2. The van der Waals surface area contributed by atoms with Crippen molar-refractivity contribution in [1.29, 1.82) is 0 Å². The van der Waals surface area contributed by atoms with Crippen molar-refractivity contribution in [2.45, 2.75) is 31.7 Å². The molecule has 2 heterocycles. The van der Waals surface area contributed by atoms with Crippen LogP contribution in [0.5, 0.6) is 0 Å². The van der Waals surface area contributed by atoms with Crippen LogP contribution in [-0.2, 0) is 16.4 Å². The molecule has 0 saturated heterocycles. The van der Waals surface area contributed by atoms with Crippen molar-refractivity contribution in [3.8, 4) is 11.3 Å². The molecule has 0 fully saturated rings. The largest absolute Gasteiger partial charge is 0.333 e. The summed E-state index contributed by atoms with van der Waals surface area (Å²) in [6, 6.07) is 9.67. The predicted molar refractivity (Wildman–Crippen MR) is 107 cm³/mol. The van der Waals surface area contributed by atoms with Gasteiger partial charge in [-0.05, 0) is 13.8 Å². The number of benzene rings is 1. The number of nitrogens with one attached hydrogen (secondary N) is 1. The van der Waals surface area contributed by atoms with Crippen molar-refractivity contribution in [2.75, 3.05) is 6.54 Å². The maximum atomic E-state index is 12.9. The van der Waals surface area contributed by atoms with Gasteiger partial charge in [0.2, 0.25) is 10.0 Å². The van der Waals surface area contributed by atoms with Crippen LogP contribution in [0.15, 0.2) is 40.6 Å². The number of halogens is 3. The number of hydrogen-bond acceptors (Lipinski definition) is 5. The summed E-state index contributed by atoms with van der Waals surface area (Å²) in [4.78, 5) is 4.30. The third-order valence-corrected chi connectivity index (χ3v) is 6.59. The molecule has 11 heteroatoms. The van der Waals surface area contributed by atoms with Gasteiger partial charge < -0.3 is 0 Å². The molecule has 1 N–H and O–H groups in total. The molecule has 2 aromatic heterocycles. The molecule has 0 unspecified atom stereocenters. The molecule has 0 saturated carbocycles. The lowest BCUT2D eigenvalue weighted by molar-refractivity contribution is 0.0538. The summed E-state index contributed by atoms with van der Waals surface area (Å²) in [5.41, 5.74) is 1.78. The van der Waals surface area contributed by atoms with Crippen molar-refractivity contribution in [3.63, 3.8) is 0 Å². The van der Waals surface area contributed by atoms with Crippen molar-refractivity contribution >= 4 is 33.8 Å². The highest BCUT2D eigenvalue weighted by molar-refractivity contribution is 7.89. The van der Waals surface area contributed by atoms with Crippen LogP contribution in [0.4, 0.5) is 8.78 Å². The summed E-state index contributed by atoms with van der Waals surface area (Å²) < 4.78 is 53.7. The topological polar surface area (TPSA) is 76.9 Å². The van der Waals surface area contributed by atoms with Crippen molar-refractivity contribution < 1.29 is 17.2 Å². The average Bonchev–Trinajstić information content (AvgIpc) is 3.20. The average molecular weight is 449 g/mol. The van der Waals surface area contributed by atoms with Gasteiger partial charge in [-0.15, -0.1) is 23.7 Å². The first kappa shape index (κ1) is 22.4. The lowest BCUT2D eigenvalue weighted by Crippen LogP contribution is -2.27. The molecule has 28 heavy (non-hydrogen) atoms. The highest BCUT2D eigenvalue weighted by atomic mass is 35.5. The fourth-order valence-corrected chi connectivity index (χ4v) is 4.99. The Bertz CT molecular complexity index is 1040. The summed E-state index contributed by atoms with van der Waals surface area (Å²) in [5, 5.41) is 6.32. The lowest BCUT2D eigenvalue weighted by Gasteiger charge is -2.07. The smallest absolute Gasteiger partial charge is 0.241 e.